The van der Waals surface area contributed by atoms with E-state index in [9.17, 15) is 4.79 Å². The topological polar surface area (TPSA) is 64.4 Å². The van der Waals surface area contributed by atoms with Crippen LogP contribution in [0.3, 0.4) is 0 Å². The van der Waals surface area contributed by atoms with Crippen molar-refractivity contribution in [3.8, 4) is 5.75 Å². The van der Waals surface area contributed by atoms with Crippen molar-refractivity contribution in [3.63, 3.8) is 0 Å². The number of methoxy groups -OCH3 is 1. The van der Waals surface area contributed by atoms with Crippen molar-refractivity contribution in [2.24, 2.45) is 5.73 Å². The number of dihydropyridines is 1. The van der Waals surface area contributed by atoms with Crippen LogP contribution < -0.4 is 15.8 Å². The van der Waals surface area contributed by atoms with Crippen LogP contribution in [0.5, 0.6) is 5.75 Å². The molecule has 1 aliphatic rings. The van der Waals surface area contributed by atoms with Gasteiger partial charge in [-0.15, -0.1) is 0 Å². The number of hydrogen-bond acceptors (Lipinski definition) is 3. The molecular weight excluding hydrogens is 228 g/mol. The molecule has 0 saturated carbocycles. The Balaban J connectivity index is 2.53. The molecule has 1 aliphatic heterocycles. The lowest BCUT2D eigenvalue weighted by Crippen LogP contribution is -2.20. The molecule has 4 nitrogen and oxygen atoms in total. The molecule has 0 unspecified atom stereocenters. The van der Waals surface area contributed by atoms with E-state index in [2.05, 4.69) is 11.9 Å². The van der Waals surface area contributed by atoms with E-state index in [0.29, 0.717) is 22.6 Å². The zero-order valence-electron chi connectivity index (χ0n) is 10.1. The first-order chi connectivity index (χ1) is 8.63. The molecule has 4 heteroatoms. The molecule has 3 N–H and O–H groups in total. The van der Waals surface area contributed by atoms with E-state index >= 15 is 0 Å². The molecule has 1 aromatic carbocycles. The van der Waals surface area contributed by atoms with E-state index in [-0.39, 0.29) is 0 Å². The van der Waals surface area contributed by atoms with Crippen LogP contribution in [0.1, 0.15) is 5.56 Å². The van der Waals surface area contributed by atoms with Crippen molar-refractivity contribution in [3.05, 3.63) is 60.0 Å². The number of rotatable bonds is 3. The molecule has 18 heavy (non-hydrogen) atoms. The van der Waals surface area contributed by atoms with Crippen LogP contribution in [-0.2, 0) is 4.79 Å². The summed E-state index contributed by atoms with van der Waals surface area (Å²) in [7, 11) is 1.59. The quantitative estimate of drug-likeness (QED) is 0.845. The molecule has 1 aromatic rings. The van der Waals surface area contributed by atoms with Gasteiger partial charge in [0.25, 0.3) is 0 Å². The fraction of sp³-hybridized carbons (Fsp3) is 0.0714. The highest BCUT2D eigenvalue weighted by atomic mass is 16.5. The normalized spacial score (nSPS) is 14.4. The lowest BCUT2D eigenvalue weighted by molar-refractivity contribution is -0.114. The molecule has 0 fully saturated rings. The summed E-state index contributed by atoms with van der Waals surface area (Å²) >= 11 is 0. The van der Waals surface area contributed by atoms with Crippen LogP contribution in [0.25, 0.3) is 5.57 Å². The summed E-state index contributed by atoms with van der Waals surface area (Å²) in [5.74, 6) is 0.194. The summed E-state index contributed by atoms with van der Waals surface area (Å²) in [6.07, 6.45) is 3.34. The van der Waals surface area contributed by atoms with Gasteiger partial charge in [0.2, 0.25) is 5.91 Å². The minimum absolute atomic E-state index is 0.420. The molecule has 0 spiro atoms. The highest BCUT2D eigenvalue weighted by molar-refractivity contribution is 6.09. The molecule has 1 amide bonds. The molecule has 0 atom stereocenters. The second-order valence-electron chi connectivity index (χ2n) is 3.85. The van der Waals surface area contributed by atoms with Crippen molar-refractivity contribution in [2.75, 3.05) is 7.11 Å². The van der Waals surface area contributed by atoms with E-state index in [1.807, 2.05) is 24.3 Å². The van der Waals surface area contributed by atoms with Crippen LogP contribution in [0, 0.1) is 0 Å². The fourth-order valence-corrected chi connectivity index (χ4v) is 1.83. The second kappa shape index (κ2) is 4.79. The summed E-state index contributed by atoms with van der Waals surface area (Å²) in [5, 5.41) is 2.97. The number of para-hydroxylation sites is 1. The summed E-state index contributed by atoms with van der Waals surface area (Å²) in [6, 6.07) is 7.45. The summed E-state index contributed by atoms with van der Waals surface area (Å²) in [5.41, 5.74) is 7.95. The van der Waals surface area contributed by atoms with Gasteiger partial charge >= 0.3 is 0 Å². The van der Waals surface area contributed by atoms with Crippen molar-refractivity contribution < 1.29 is 9.53 Å². The number of nitrogens with one attached hydrogen (secondary N) is 1. The molecule has 0 radical (unpaired) electrons. The third-order valence-electron chi connectivity index (χ3n) is 2.67. The SMILES string of the molecule is C=C1C=C(C(N)=O)C(c2ccccc2OC)=CN1. The van der Waals surface area contributed by atoms with Gasteiger partial charge in [0.05, 0.1) is 12.7 Å². The maximum absolute atomic E-state index is 11.5. The minimum atomic E-state index is -0.491. The number of carbonyl (C=O) groups excluding carboxylic acids is 1. The molecule has 92 valence electrons. The molecule has 0 aliphatic carbocycles. The van der Waals surface area contributed by atoms with Gasteiger partial charge in [-0.25, -0.2) is 0 Å². The Morgan fingerprint density at radius 3 is 2.78 bits per heavy atom. The second-order valence-corrected chi connectivity index (χ2v) is 3.85. The predicted octanol–water partition coefficient (Wildman–Crippen LogP) is 1.56. The number of benzene rings is 1. The first-order valence-electron chi connectivity index (χ1n) is 5.44. The van der Waals surface area contributed by atoms with Crippen molar-refractivity contribution in [1.29, 1.82) is 0 Å². The van der Waals surface area contributed by atoms with Crippen LogP contribution in [-0.4, -0.2) is 13.0 Å². The minimum Gasteiger partial charge on any atom is -0.496 e. The number of ether oxygens (including phenoxy) is 1. The van der Waals surface area contributed by atoms with Gasteiger partial charge in [0.15, 0.2) is 0 Å². The van der Waals surface area contributed by atoms with E-state index in [4.69, 9.17) is 10.5 Å². The van der Waals surface area contributed by atoms with E-state index < -0.39 is 5.91 Å². The van der Waals surface area contributed by atoms with Gasteiger partial charge in [0, 0.05) is 23.0 Å². The van der Waals surface area contributed by atoms with E-state index in [1.54, 1.807) is 19.4 Å². The van der Waals surface area contributed by atoms with Crippen molar-refractivity contribution in [2.45, 2.75) is 0 Å². The first kappa shape index (κ1) is 12.0. The number of carbonyl (C=O) groups is 1. The summed E-state index contributed by atoms with van der Waals surface area (Å²) in [4.78, 5) is 11.5. The summed E-state index contributed by atoms with van der Waals surface area (Å²) < 4.78 is 5.28. The number of allylic oxidation sites excluding steroid dienone is 1. The van der Waals surface area contributed by atoms with E-state index in [0.717, 1.165) is 5.56 Å². The third-order valence-corrected chi connectivity index (χ3v) is 2.67. The third kappa shape index (κ3) is 2.13. The standard InChI is InChI=1S/C14H14N2O2/c1-9-7-11(14(15)17)12(8-16-9)10-5-3-4-6-13(10)18-2/h3-8,16H,1H2,2H3,(H2,15,17). The largest absolute Gasteiger partial charge is 0.496 e. The van der Waals surface area contributed by atoms with Crippen molar-refractivity contribution in [1.82, 2.24) is 5.32 Å². The monoisotopic (exact) mass is 242 g/mol. The van der Waals surface area contributed by atoms with Crippen LogP contribution in [0.2, 0.25) is 0 Å². The molecule has 1 heterocycles. The Bertz CT molecular complexity index is 571. The lowest BCUT2D eigenvalue weighted by Gasteiger charge is -2.18. The van der Waals surface area contributed by atoms with Crippen LogP contribution in [0.4, 0.5) is 0 Å². The van der Waals surface area contributed by atoms with E-state index in [1.165, 1.54) is 0 Å². The van der Waals surface area contributed by atoms with Gasteiger partial charge in [-0.05, 0) is 12.1 Å². The number of nitrogens with two attached hydrogens (primary N) is 1. The van der Waals surface area contributed by atoms with Gasteiger partial charge < -0.3 is 15.8 Å². The molecule has 0 aromatic heterocycles. The van der Waals surface area contributed by atoms with Crippen LogP contribution in [0.15, 0.2) is 54.4 Å². The smallest absolute Gasteiger partial charge is 0.249 e. The van der Waals surface area contributed by atoms with Crippen LogP contribution >= 0.6 is 0 Å². The maximum Gasteiger partial charge on any atom is 0.249 e. The van der Waals surface area contributed by atoms with Gasteiger partial charge in [-0.2, -0.15) is 0 Å². The van der Waals surface area contributed by atoms with Crippen molar-refractivity contribution >= 4 is 11.5 Å². The highest BCUT2D eigenvalue weighted by Gasteiger charge is 2.19. The predicted molar refractivity (Wildman–Crippen MR) is 70.5 cm³/mol. The molecular formula is C14H14N2O2. The highest BCUT2D eigenvalue weighted by Crippen LogP contribution is 2.32. The van der Waals surface area contributed by atoms with Gasteiger partial charge in [0.1, 0.15) is 5.75 Å². The number of hydrogen-bond donors (Lipinski definition) is 2. The Morgan fingerprint density at radius 2 is 2.11 bits per heavy atom. The summed E-state index contributed by atoms with van der Waals surface area (Å²) in [6.45, 7) is 3.75. The molecule has 0 bridgehead atoms. The average molecular weight is 242 g/mol. The first-order valence-corrected chi connectivity index (χ1v) is 5.44. The Labute approximate surface area is 105 Å². The maximum atomic E-state index is 11.5. The lowest BCUT2D eigenvalue weighted by atomic mass is 9.95. The van der Waals surface area contributed by atoms with Gasteiger partial charge in [-0.1, -0.05) is 24.8 Å². The fourth-order valence-electron chi connectivity index (χ4n) is 1.83. The zero-order chi connectivity index (χ0) is 13.1. The zero-order valence-corrected chi connectivity index (χ0v) is 10.1. The Hall–Kier alpha value is -2.49. The Morgan fingerprint density at radius 1 is 1.39 bits per heavy atom. The molecule has 0 saturated heterocycles. The number of primary amides is 1. The Kier molecular flexibility index (Phi) is 3.19. The van der Waals surface area contributed by atoms with Gasteiger partial charge in [-0.3, -0.25) is 4.79 Å². The molecule has 2 rings (SSSR count). The average Bonchev–Trinajstić information content (AvgIpc) is 2.38. The number of amides is 1.